The summed E-state index contributed by atoms with van der Waals surface area (Å²) in [5, 5.41) is 4.69. The Morgan fingerprint density at radius 1 is 1.00 bits per heavy atom. The summed E-state index contributed by atoms with van der Waals surface area (Å²) in [6, 6.07) is 12.6. The molecule has 1 atom stereocenters. The van der Waals surface area contributed by atoms with Crippen LogP contribution < -0.4 is 10.6 Å². The van der Waals surface area contributed by atoms with Gasteiger partial charge in [0.25, 0.3) is 0 Å². The normalized spacial score (nSPS) is 15.9. The molecular formula is C19H14BrClN2O4. The summed E-state index contributed by atoms with van der Waals surface area (Å²) in [4.78, 5) is 48.9. The molecular weight excluding hydrogens is 436 g/mol. The lowest BCUT2D eigenvalue weighted by atomic mass is 9.79. The lowest BCUT2D eigenvalue weighted by Gasteiger charge is -2.28. The Morgan fingerprint density at radius 2 is 1.59 bits per heavy atom. The van der Waals surface area contributed by atoms with Crippen molar-refractivity contribution < 1.29 is 19.2 Å². The van der Waals surface area contributed by atoms with Gasteiger partial charge in [0.2, 0.25) is 11.8 Å². The van der Waals surface area contributed by atoms with Gasteiger partial charge in [0, 0.05) is 27.4 Å². The van der Waals surface area contributed by atoms with Crippen LogP contribution in [0, 0.1) is 5.92 Å². The smallest absolute Gasteiger partial charge is 0.294 e. The Kier molecular flexibility index (Phi) is 5.72. The second-order valence-electron chi connectivity index (χ2n) is 6.05. The maximum atomic E-state index is 12.8. The summed E-state index contributed by atoms with van der Waals surface area (Å²) in [6.45, 7) is 0. The molecule has 0 radical (unpaired) electrons. The van der Waals surface area contributed by atoms with Crippen LogP contribution in [0.2, 0.25) is 5.02 Å². The fraction of sp³-hybridized carbons (Fsp3) is 0.158. The number of benzene rings is 2. The quantitative estimate of drug-likeness (QED) is 0.540. The van der Waals surface area contributed by atoms with Crippen molar-refractivity contribution in [3.8, 4) is 0 Å². The first-order valence-electron chi connectivity index (χ1n) is 8.05. The van der Waals surface area contributed by atoms with Crippen LogP contribution in [0.25, 0.3) is 0 Å². The Bertz CT molecular complexity index is 910. The summed E-state index contributed by atoms with van der Waals surface area (Å²) in [7, 11) is 0. The highest BCUT2D eigenvalue weighted by Crippen LogP contribution is 2.35. The maximum absolute atomic E-state index is 12.8. The van der Waals surface area contributed by atoms with Gasteiger partial charge in [-0.2, -0.15) is 0 Å². The van der Waals surface area contributed by atoms with Crippen molar-refractivity contribution in [3.63, 3.8) is 0 Å². The number of barbiturate groups is 1. The number of halogens is 2. The van der Waals surface area contributed by atoms with Crippen molar-refractivity contribution in [3.05, 3.63) is 69.2 Å². The van der Waals surface area contributed by atoms with E-state index in [1.165, 1.54) is 0 Å². The first kappa shape index (κ1) is 19.3. The topological polar surface area (TPSA) is 92.3 Å². The number of carbonyl (C=O) groups is 4. The summed E-state index contributed by atoms with van der Waals surface area (Å²) in [6.07, 6.45) is -0.0933. The first-order valence-corrected chi connectivity index (χ1v) is 9.23. The van der Waals surface area contributed by atoms with Gasteiger partial charge in [0.1, 0.15) is 5.92 Å². The minimum absolute atomic E-state index is 0.0933. The van der Waals surface area contributed by atoms with E-state index < -0.39 is 29.7 Å². The third-order valence-electron chi connectivity index (χ3n) is 4.32. The molecule has 1 aliphatic heterocycles. The number of nitrogens with one attached hydrogen (secondary N) is 2. The molecule has 1 unspecified atom stereocenters. The molecule has 1 heterocycles. The molecule has 6 nitrogen and oxygen atoms in total. The molecule has 3 rings (SSSR count). The number of amides is 4. The van der Waals surface area contributed by atoms with E-state index in [9.17, 15) is 19.2 Å². The van der Waals surface area contributed by atoms with E-state index in [1.54, 1.807) is 48.5 Å². The van der Waals surface area contributed by atoms with Gasteiger partial charge >= 0.3 is 6.03 Å². The van der Waals surface area contributed by atoms with Crippen LogP contribution in [0.3, 0.4) is 0 Å². The Morgan fingerprint density at radius 3 is 2.19 bits per heavy atom. The van der Waals surface area contributed by atoms with Crippen molar-refractivity contribution in [2.75, 3.05) is 0 Å². The zero-order chi connectivity index (χ0) is 19.6. The van der Waals surface area contributed by atoms with Crippen molar-refractivity contribution in [1.82, 2.24) is 10.6 Å². The standard InChI is InChI=1S/C19H14BrClN2O4/c20-14-4-2-1-3-12(14)13(16-17(25)22-19(27)23-18(16)26)9-15(24)10-5-7-11(21)8-6-10/h1-8,13,16H,9H2,(H2,22,23,25,26,27). The van der Waals surface area contributed by atoms with Gasteiger partial charge in [0.15, 0.2) is 5.78 Å². The summed E-state index contributed by atoms with van der Waals surface area (Å²) in [5.74, 6) is -3.67. The van der Waals surface area contributed by atoms with Crippen molar-refractivity contribution in [2.45, 2.75) is 12.3 Å². The van der Waals surface area contributed by atoms with Crippen LogP contribution in [-0.2, 0) is 9.59 Å². The molecule has 8 heteroatoms. The van der Waals surface area contributed by atoms with Crippen LogP contribution in [0.15, 0.2) is 53.0 Å². The zero-order valence-electron chi connectivity index (χ0n) is 13.9. The molecule has 0 spiro atoms. The van der Waals surface area contributed by atoms with Gasteiger partial charge in [0.05, 0.1) is 0 Å². The second-order valence-corrected chi connectivity index (χ2v) is 7.34. The highest BCUT2D eigenvalue weighted by Gasteiger charge is 2.42. The summed E-state index contributed by atoms with van der Waals surface area (Å²) < 4.78 is 0.663. The molecule has 2 aromatic rings. The highest BCUT2D eigenvalue weighted by atomic mass is 79.9. The van der Waals surface area contributed by atoms with E-state index in [2.05, 4.69) is 26.6 Å². The average Bonchev–Trinajstić information content (AvgIpc) is 2.61. The van der Waals surface area contributed by atoms with E-state index >= 15 is 0 Å². The molecule has 1 fully saturated rings. The predicted molar refractivity (Wildman–Crippen MR) is 102 cm³/mol. The van der Waals surface area contributed by atoms with Crippen molar-refractivity contribution in [1.29, 1.82) is 0 Å². The van der Waals surface area contributed by atoms with Crippen LogP contribution in [0.1, 0.15) is 28.3 Å². The van der Waals surface area contributed by atoms with Gasteiger partial charge in [-0.3, -0.25) is 25.0 Å². The zero-order valence-corrected chi connectivity index (χ0v) is 16.2. The molecule has 138 valence electrons. The van der Waals surface area contributed by atoms with Crippen LogP contribution in [-0.4, -0.2) is 23.6 Å². The number of ketones is 1. The van der Waals surface area contributed by atoms with E-state index in [-0.39, 0.29) is 12.2 Å². The lowest BCUT2D eigenvalue weighted by Crippen LogP contribution is -2.57. The Balaban J connectivity index is 1.98. The molecule has 4 amide bonds. The molecule has 2 N–H and O–H groups in total. The molecule has 0 saturated carbocycles. The van der Waals surface area contributed by atoms with Gasteiger partial charge in [-0.25, -0.2) is 4.79 Å². The van der Waals surface area contributed by atoms with E-state index in [4.69, 9.17) is 11.6 Å². The fourth-order valence-electron chi connectivity index (χ4n) is 3.03. The molecule has 1 aliphatic rings. The van der Waals surface area contributed by atoms with Gasteiger partial charge in [-0.1, -0.05) is 45.7 Å². The number of Topliss-reactive ketones (excluding diaryl/α,β-unsaturated/α-hetero) is 1. The number of rotatable bonds is 5. The molecule has 0 bridgehead atoms. The Hall–Kier alpha value is -2.51. The predicted octanol–water partition coefficient (Wildman–Crippen LogP) is 3.44. The largest absolute Gasteiger partial charge is 0.328 e. The fourth-order valence-corrected chi connectivity index (χ4v) is 3.74. The molecule has 27 heavy (non-hydrogen) atoms. The van der Waals surface area contributed by atoms with Gasteiger partial charge in [-0.15, -0.1) is 0 Å². The number of hydrogen-bond donors (Lipinski definition) is 2. The summed E-state index contributed by atoms with van der Waals surface area (Å²) in [5.41, 5.74) is 1.05. The minimum Gasteiger partial charge on any atom is -0.294 e. The van der Waals surface area contributed by atoms with Gasteiger partial charge in [-0.05, 0) is 35.9 Å². The molecule has 0 aromatic heterocycles. The molecule has 0 aliphatic carbocycles. The van der Waals surface area contributed by atoms with Gasteiger partial charge < -0.3 is 0 Å². The highest BCUT2D eigenvalue weighted by molar-refractivity contribution is 9.10. The van der Waals surface area contributed by atoms with Crippen LogP contribution >= 0.6 is 27.5 Å². The minimum atomic E-state index is -1.21. The lowest BCUT2D eigenvalue weighted by molar-refractivity contribution is -0.136. The number of carbonyl (C=O) groups excluding carboxylic acids is 4. The monoisotopic (exact) mass is 448 g/mol. The SMILES string of the molecule is O=C1NC(=O)C(C(CC(=O)c2ccc(Cl)cc2)c2ccccc2Br)C(=O)N1. The molecule has 1 saturated heterocycles. The van der Waals surface area contributed by atoms with Crippen molar-refractivity contribution >= 4 is 51.2 Å². The first-order chi connectivity index (χ1) is 12.9. The van der Waals surface area contributed by atoms with Crippen LogP contribution in [0.4, 0.5) is 4.79 Å². The number of hydrogen-bond acceptors (Lipinski definition) is 4. The third kappa shape index (κ3) is 4.26. The molecule has 2 aromatic carbocycles. The maximum Gasteiger partial charge on any atom is 0.328 e. The van der Waals surface area contributed by atoms with Crippen molar-refractivity contribution in [2.24, 2.45) is 5.92 Å². The third-order valence-corrected chi connectivity index (χ3v) is 5.29. The van der Waals surface area contributed by atoms with E-state index in [0.717, 1.165) is 0 Å². The second kappa shape index (κ2) is 8.02. The summed E-state index contributed by atoms with van der Waals surface area (Å²) >= 11 is 9.27. The number of imide groups is 2. The Labute approximate surface area is 168 Å². The van der Waals surface area contributed by atoms with E-state index in [1.807, 2.05) is 0 Å². The van der Waals surface area contributed by atoms with E-state index in [0.29, 0.717) is 20.6 Å². The number of urea groups is 1. The average molecular weight is 450 g/mol. The van der Waals surface area contributed by atoms with Crippen LogP contribution in [0.5, 0.6) is 0 Å².